The summed E-state index contributed by atoms with van der Waals surface area (Å²) < 4.78 is 5.76. The number of nitrogens with one attached hydrogen (secondary N) is 1. The average molecular weight is 298 g/mol. The number of rotatable bonds is 5. The molecule has 0 amide bonds. The molecule has 0 aliphatic rings. The van der Waals surface area contributed by atoms with Crippen molar-refractivity contribution >= 4 is 21.9 Å². The summed E-state index contributed by atoms with van der Waals surface area (Å²) in [5.41, 5.74) is 2.00. The second kappa shape index (κ2) is 6.57. The predicted molar refractivity (Wildman–Crippen MR) is 71.8 cm³/mol. The Kier molecular flexibility index (Phi) is 5.38. The van der Waals surface area contributed by atoms with Crippen LogP contribution in [-0.2, 0) is 9.53 Å². The molecule has 0 heterocycles. The number of carbonyl (C=O) groups excluding carboxylic acids is 1. The largest absolute Gasteiger partial charge is 0.468 e. The molecular weight excluding hydrogens is 282 g/mol. The number of benzene rings is 1. The van der Waals surface area contributed by atoms with Gasteiger partial charge < -0.3 is 4.74 Å². The summed E-state index contributed by atoms with van der Waals surface area (Å²) in [7, 11) is 1.38. The molecule has 0 aliphatic carbocycles. The maximum absolute atomic E-state index is 11.7. The van der Waals surface area contributed by atoms with Crippen molar-refractivity contribution in [3.63, 3.8) is 0 Å². The lowest BCUT2D eigenvalue weighted by atomic mass is 10.1. The molecule has 1 N–H and O–H groups in total. The van der Waals surface area contributed by atoms with Crippen molar-refractivity contribution in [1.29, 1.82) is 0 Å². The molecule has 0 aromatic heterocycles. The third kappa shape index (κ3) is 3.68. The zero-order chi connectivity index (χ0) is 12.8. The Balaban J connectivity index is 2.98. The fourth-order valence-electron chi connectivity index (χ4n) is 1.44. The lowest BCUT2D eigenvalue weighted by Crippen LogP contribution is -2.29. The fraction of sp³-hybridized carbons (Fsp3) is 0.308. The van der Waals surface area contributed by atoms with Crippen LogP contribution in [0.5, 0.6) is 0 Å². The molecule has 17 heavy (non-hydrogen) atoms. The Labute approximate surface area is 110 Å². The number of aryl methyl sites for hydroxylation is 1. The predicted octanol–water partition coefficient (Wildman–Crippen LogP) is 2.75. The molecule has 1 rings (SSSR count). The van der Waals surface area contributed by atoms with Gasteiger partial charge in [0.2, 0.25) is 0 Å². The molecule has 0 fully saturated rings. The Morgan fingerprint density at radius 1 is 1.65 bits per heavy atom. The summed E-state index contributed by atoms with van der Waals surface area (Å²) in [6.07, 6.45) is 1.71. The molecule has 0 saturated carbocycles. The molecule has 0 saturated heterocycles. The summed E-state index contributed by atoms with van der Waals surface area (Å²) in [5.74, 6) is -0.303. The highest BCUT2D eigenvalue weighted by atomic mass is 79.9. The second-order valence-electron chi connectivity index (χ2n) is 3.66. The third-order valence-corrected chi connectivity index (χ3v) is 3.29. The Hall–Kier alpha value is -1.13. The lowest BCUT2D eigenvalue weighted by molar-refractivity contribution is -0.143. The average Bonchev–Trinajstić information content (AvgIpc) is 2.33. The van der Waals surface area contributed by atoms with Crippen LogP contribution in [-0.4, -0.2) is 19.6 Å². The van der Waals surface area contributed by atoms with Crippen molar-refractivity contribution < 1.29 is 9.53 Å². The molecule has 0 radical (unpaired) electrons. The van der Waals surface area contributed by atoms with E-state index in [9.17, 15) is 4.79 Å². The Morgan fingerprint density at radius 2 is 2.35 bits per heavy atom. The molecule has 92 valence electrons. The summed E-state index contributed by atoms with van der Waals surface area (Å²) >= 11 is 3.45. The first kappa shape index (κ1) is 13.9. The zero-order valence-electron chi connectivity index (χ0n) is 10.00. The zero-order valence-corrected chi connectivity index (χ0v) is 11.6. The van der Waals surface area contributed by atoms with Crippen molar-refractivity contribution in [1.82, 2.24) is 5.32 Å². The number of carbonyl (C=O) groups is 1. The van der Waals surface area contributed by atoms with Crippen LogP contribution in [0.1, 0.15) is 17.2 Å². The number of hydrogen-bond donors (Lipinski definition) is 1. The van der Waals surface area contributed by atoms with E-state index in [2.05, 4.69) is 27.8 Å². The quantitative estimate of drug-likeness (QED) is 0.671. The SMILES string of the molecule is C=CCNC(C(=O)OC)c1ccc(C)c(Br)c1. The molecular formula is C13H16BrNO2. The number of halogens is 1. The van der Waals surface area contributed by atoms with Crippen LogP contribution in [0.4, 0.5) is 0 Å². The number of methoxy groups -OCH3 is 1. The van der Waals surface area contributed by atoms with Crippen molar-refractivity contribution in [2.45, 2.75) is 13.0 Å². The molecule has 1 atom stereocenters. The van der Waals surface area contributed by atoms with E-state index in [1.165, 1.54) is 7.11 Å². The van der Waals surface area contributed by atoms with E-state index in [0.717, 1.165) is 15.6 Å². The van der Waals surface area contributed by atoms with Gasteiger partial charge >= 0.3 is 5.97 Å². The summed E-state index contributed by atoms with van der Waals surface area (Å²) in [6.45, 7) is 6.16. The van der Waals surface area contributed by atoms with Gasteiger partial charge in [-0.1, -0.05) is 34.1 Å². The van der Waals surface area contributed by atoms with Gasteiger partial charge in [-0.2, -0.15) is 0 Å². The van der Waals surface area contributed by atoms with Gasteiger partial charge in [0.05, 0.1) is 7.11 Å². The van der Waals surface area contributed by atoms with Gasteiger partial charge in [0.25, 0.3) is 0 Å². The smallest absolute Gasteiger partial charge is 0.327 e. The summed E-state index contributed by atoms with van der Waals surface area (Å²) in [4.78, 5) is 11.7. The molecule has 1 unspecified atom stereocenters. The van der Waals surface area contributed by atoms with Gasteiger partial charge in [0.15, 0.2) is 0 Å². The molecule has 0 spiro atoms. The van der Waals surface area contributed by atoms with Crippen LogP contribution in [0.15, 0.2) is 35.3 Å². The summed E-state index contributed by atoms with van der Waals surface area (Å²) in [5, 5.41) is 3.07. The van der Waals surface area contributed by atoms with Crippen LogP contribution in [0.25, 0.3) is 0 Å². The maximum atomic E-state index is 11.7. The van der Waals surface area contributed by atoms with Crippen molar-refractivity contribution in [3.8, 4) is 0 Å². The van der Waals surface area contributed by atoms with E-state index < -0.39 is 6.04 Å². The van der Waals surface area contributed by atoms with Gasteiger partial charge in [0.1, 0.15) is 6.04 Å². The molecule has 1 aromatic rings. The van der Waals surface area contributed by atoms with Crippen molar-refractivity contribution in [2.75, 3.05) is 13.7 Å². The molecule has 4 heteroatoms. The normalized spacial score (nSPS) is 11.9. The second-order valence-corrected chi connectivity index (χ2v) is 4.52. The van der Waals surface area contributed by atoms with E-state index in [0.29, 0.717) is 6.54 Å². The van der Waals surface area contributed by atoms with Crippen LogP contribution >= 0.6 is 15.9 Å². The minimum atomic E-state index is -0.463. The van der Waals surface area contributed by atoms with Crippen LogP contribution in [0.3, 0.4) is 0 Å². The Bertz CT molecular complexity index is 418. The van der Waals surface area contributed by atoms with Gasteiger partial charge in [-0.15, -0.1) is 6.58 Å². The summed E-state index contributed by atoms with van der Waals surface area (Å²) in [6, 6.07) is 5.34. The molecule has 0 bridgehead atoms. The van der Waals surface area contributed by atoms with Crippen molar-refractivity contribution in [3.05, 3.63) is 46.5 Å². The lowest BCUT2D eigenvalue weighted by Gasteiger charge is -2.16. The molecule has 3 nitrogen and oxygen atoms in total. The highest BCUT2D eigenvalue weighted by Gasteiger charge is 2.20. The van der Waals surface area contributed by atoms with Crippen molar-refractivity contribution in [2.24, 2.45) is 0 Å². The number of ether oxygens (including phenoxy) is 1. The minimum Gasteiger partial charge on any atom is -0.468 e. The van der Waals surface area contributed by atoms with Gasteiger partial charge in [-0.25, -0.2) is 4.79 Å². The van der Waals surface area contributed by atoms with E-state index in [1.54, 1.807) is 6.08 Å². The van der Waals surface area contributed by atoms with Gasteiger partial charge in [0, 0.05) is 11.0 Å². The van der Waals surface area contributed by atoms with E-state index in [4.69, 9.17) is 4.74 Å². The standard InChI is InChI=1S/C13H16BrNO2/c1-4-7-15-12(13(16)17-3)10-6-5-9(2)11(14)8-10/h4-6,8,12,15H,1,7H2,2-3H3. The fourth-order valence-corrected chi connectivity index (χ4v) is 1.84. The highest BCUT2D eigenvalue weighted by Crippen LogP contribution is 2.22. The number of hydrogen-bond acceptors (Lipinski definition) is 3. The van der Waals surface area contributed by atoms with Crippen LogP contribution < -0.4 is 5.32 Å². The Morgan fingerprint density at radius 3 is 2.88 bits per heavy atom. The number of esters is 1. The first-order valence-electron chi connectivity index (χ1n) is 5.28. The molecule has 1 aromatic carbocycles. The van der Waals surface area contributed by atoms with Gasteiger partial charge in [-0.05, 0) is 24.1 Å². The monoisotopic (exact) mass is 297 g/mol. The van der Waals surface area contributed by atoms with E-state index in [1.807, 2.05) is 25.1 Å². The van der Waals surface area contributed by atoms with Crippen LogP contribution in [0, 0.1) is 6.92 Å². The van der Waals surface area contributed by atoms with Gasteiger partial charge in [-0.3, -0.25) is 5.32 Å². The first-order chi connectivity index (χ1) is 8.10. The first-order valence-corrected chi connectivity index (χ1v) is 6.07. The van der Waals surface area contributed by atoms with E-state index >= 15 is 0 Å². The highest BCUT2D eigenvalue weighted by molar-refractivity contribution is 9.10. The van der Waals surface area contributed by atoms with Crippen LogP contribution in [0.2, 0.25) is 0 Å². The van der Waals surface area contributed by atoms with E-state index in [-0.39, 0.29) is 5.97 Å². The topological polar surface area (TPSA) is 38.3 Å². The third-order valence-electron chi connectivity index (χ3n) is 2.43. The maximum Gasteiger partial charge on any atom is 0.327 e. The minimum absolute atomic E-state index is 0.303. The molecule has 0 aliphatic heterocycles.